The highest BCUT2D eigenvalue weighted by atomic mass is 79.9. The molecule has 8 nitrogen and oxygen atoms in total. The molecule has 1 fully saturated rings. The van der Waals surface area contributed by atoms with Gasteiger partial charge in [-0.3, -0.25) is 9.59 Å². The summed E-state index contributed by atoms with van der Waals surface area (Å²) in [5, 5.41) is 0.0209. The molecule has 2 aromatic rings. The Labute approximate surface area is 169 Å². The van der Waals surface area contributed by atoms with E-state index in [0.29, 0.717) is 10.1 Å². The molecule has 2 aromatic heterocycles. The topological polar surface area (TPSA) is 95.6 Å². The molecule has 2 amide bonds. The number of aromatic amines is 1. The van der Waals surface area contributed by atoms with Gasteiger partial charge >= 0.3 is 6.09 Å². The standard InChI is InChI=1S/C18H20BrFN4O4/c1-18(2,3)28-17(27)24-6-4-23(5-7-24)16(26)14(25)10-8-21-13-12(10)11(20)9-22-15(13)19/h8-9,21H,4-7H2,1-3H3. The molecule has 3 rings (SSSR count). The lowest BCUT2D eigenvalue weighted by Crippen LogP contribution is -2.53. The number of carbonyl (C=O) groups excluding carboxylic acids is 3. The van der Waals surface area contributed by atoms with Crippen molar-refractivity contribution in [3.05, 3.63) is 28.4 Å². The van der Waals surface area contributed by atoms with E-state index in [1.54, 1.807) is 20.8 Å². The predicted molar refractivity (Wildman–Crippen MR) is 102 cm³/mol. The highest BCUT2D eigenvalue weighted by Crippen LogP contribution is 2.27. The van der Waals surface area contributed by atoms with Crippen LogP contribution >= 0.6 is 15.9 Å². The number of pyridine rings is 1. The first-order valence-corrected chi connectivity index (χ1v) is 9.50. The first-order valence-electron chi connectivity index (χ1n) is 8.71. The lowest BCUT2D eigenvalue weighted by molar-refractivity contribution is -0.128. The molecule has 0 radical (unpaired) electrons. The Balaban J connectivity index is 1.70. The zero-order valence-corrected chi connectivity index (χ0v) is 17.3. The fourth-order valence-corrected chi connectivity index (χ4v) is 3.35. The molecule has 1 saturated heterocycles. The van der Waals surface area contributed by atoms with Gasteiger partial charge in [-0.15, -0.1) is 0 Å². The summed E-state index contributed by atoms with van der Waals surface area (Å²) in [5.41, 5.74) is -0.344. The van der Waals surface area contributed by atoms with E-state index in [4.69, 9.17) is 4.74 Å². The molecule has 150 valence electrons. The summed E-state index contributed by atoms with van der Waals surface area (Å²) in [5.74, 6) is -2.24. The minimum absolute atomic E-state index is 0.0209. The highest BCUT2D eigenvalue weighted by molar-refractivity contribution is 9.10. The van der Waals surface area contributed by atoms with Gasteiger partial charge in [-0.05, 0) is 36.7 Å². The molecule has 1 aliphatic heterocycles. The largest absolute Gasteiger partial charge is 0.444 e. The molecule has 0 atom stereocenters. The number of H-pyrrole nitrogens is 1. The molecule has 0 bridgehead atoms. The normalized spacial score (nSPS) is 15.0. The molecule has 28 heavy (non-hydrogen) atoms. The number of halogens is 2. The van der Waals surface area contributed by atoms with Gasteiger partial charge in [0.15, 0.2) is 5.82 Å². The number of piperazine rings is 1. The maximum Gasteiger partial charge on any atom is 0.410 e. The van der Waals surface area contributed by atoms with Crippen LogP contribution in [0.3, 0.4) is 0 Å². The number of fused-ring (bicyclic) bond motifs is 1. The Morgan fingerprint density at radius 1 is 1.18 bits per heavy atom. The summed E-state index contributed by atoms with van der Waals surface area (Å²) in [7, 11) is 0. The molecular weight excluding hydrogens is 435 g/mol. The van der Waals surface area contributed by atoms with Gasteiger partial charge in [0, 0.05) is 32.4 Å². The van der Waals surface area contributed by atoms with Crippen molar-refractivity contribution in [2.45, 2.75) is 26.4 Å². The Hall–Kier alpha value is -2.49. The van der Waals surface area contributed by atoms with Gasteiger partial charge in [-0.1, -0.05) is 0 Å². The van der Waals surface area contributed by atoms with Gasteiger partial charge < -0.3 is 19.5 Å². The van der Waals surface area contributed by atoms with E-state index < -0.39 is 29.2 Å². The van der Waals surface area contributed by atoms with Crippen molar-refractivity contribution >= 4 is 44.6 Å². The number of hydrogen-bond acceptors (Lipinski definition) is 5. The maximum atomic E-state index is 14.2. The molecule has 0 aliphatic carbocycles. The van der Waals surface area contributed by atoms with Crippen LogP contribution in [0.1, 0.15) is 31.1 Å². The van der Waals surface area contributed by atoms with E-state index in [-0.39, 0.29) is 37.1 Å². The van der Waals surface area contributed by atoms with Gasteiger partial charge in [0.05, 0.1) is 22.7 Å². The number of carbonyl (C=O) groups is 3. The summed E-state index contributed by atoms with van der Waals surface area (Å²) in [6, 6.07) is 0. The number of nitrogens with one attached hydrogen (secondary N) is 1. The SMILES string of the molecule is CC(C)(C)OC(=O)N1CCN(C(=O)C(=O)c2c[nH]c3c(Br)ncc(F)c23)CC1. The van der Waals surface area contributed by atoms with Crippen LogP contribution in [0.2, 0.25) is 0 Å². The molecular formula is C18H20BrFN4O4. The van der Waals surface area contributed by atoms with Crippen LogP contribution in [0.4, 0.5) is 9.18 Å². The first-order chi connectivity index (χ1) is 13.1. The second-order valence-electron chi connectivity index (χ2n) is 7.44. The number of hydrogen-bond donors (Lipinski definition) is 1. The first kappa shape index (κ1) is 20.2. The zero-order valence-electron chi connectivity index (χ0n) is 15.7. The Kier molecular flexibility index (Phi) is 5.42. The van der Waals surface area contributed by atoms with Crippen LogP contribution in [-0.2, 0) is 9.53 Å². The fraction of sp³-hybridized carbons (Fsp3) is 0.444. The molecule has 0 aromatic carbocycles. The monoisotopic (exact) mass is 454 g/mol. The van der Waals surface area contributed by atoms with Gasteiger partial charge in [-0.2, -0.15) is 0 Å². The minimum atomic E-state index is -0.811. The maximum absolute atomic E-state index is 14.2. The van der Waals surface area contributed by atoms with Crippen molar-refractivity contribution in [3.63, 3.8) is 0 Å². The summed E-state index contributed by atoms with van der Waals surface area (Å²) >= 11 is 3.18. The van der Waals surface area contributed by atoms with E-state index >= 15 is 0 Å². The average molecular weight is 455 g/mol. The minimum Gasteiger partial charge on any atom is -0.444 e. The van der Waals surface area contributed by atoms with E-state index in [0.717, 1.165) is 6.20 Å². The highest BCUT2D eigenvalue weighted by Gasteiger charge is 2.32. The summed E-state index contributed by atoms with van der Waals surface area (Å²) in [6.07, 6.45) is 1.83. The molecule has 1 N–H and O–H groups in total. The summed E-state index contributed by atoms with van der Waals surface area (Å²) < 4.78 is 19.8. The lowest BCUT2D eigenvalue weighted by atomic mass is 10.1. The fourth-order valence-electron chi connectivity index (χ4n) is 2.93. The third-order valence-corrected chi connectivity index (χ3v) is 4.88. The molecule has 0 saturated carbocycles. The van der Waals surface area contributed by atoms with E-state index in [1.807, 2.05) is 0 Å². The van der Waals surface area contributed by atoms with Crippen LogP contribution in [0.25, 0.3) is 10.9 Å². The van der Waals surface area contributed by atoms with Crippen molar-refractivity contribution in [1.29, 1.82) is 0 Å². The van der Waals surface area contributed by atoms with Gasteiger partial charge in [0.1, 0.15) is 10.2 Å². The van der Waals surface area contributed by atoms with E-state index in [9.17, 15) is 18.8 Å². The van der Waals surface area contributed by atoms with Crippen molar-refractivity contribution in [2.75, 3.05) is 26.2 Å². The number of rotatable bonds is 2. The predicted octanol–water partition coefficient (Wildman–Crippen LogP) is 2.73. The summed E-state index contributed by atoms with van der Waals surface area (Å²) in [6.45, 7) is 6.23. The Bertz CT molecular complexity index is 945. The summed E-state index contributed by atoms with van der Waals surface area (Å²) in [4.78, 5) is 46.8. The van der Waals surface area contributed by atoms with Crippen LogP contribution in [0, 0.1) is 5.82 Å². The van der Waals surface area contributed by atoms with Crippen LogP contribution < -0.4 is 0 Å². The quantitative estimate of drug-likeness (QED) is 0.427. The molecule has 3 heterocycles. The molecule has 0 unspecified atom stereocenters. The van der Waals surface area contributed by atoms with Crippen molar-refractivity contribution in [1.82, 2.24) is 19.8 Å². The smallest absolute Gasteiger partial charge is 0.410 e. The van der Waals surface area contributed by atoms with Crippen molar-refractivity contribution in [2.24, 2.45) is 0 Å². The Morgan fingerprint density at radius 2 is 1.79 bits per heavy atom. The lowest BCUT2D eigenvalue weighted by Gasteiger charge is -2.35. The second-order valence-corrected chi connectivity index (χ2v) is 8.19. The average Bonchev–Trinajstić information content (AvgIpc) is 3.09. The van der Waals surface area contributed by atoms with E-state index in [2.05, 4.69) is 25.9 Å². The zero-order chi connectivity index (χ0) is 20.6. The third-order valence-electron chi connectivity index (χ3n) is 4.27. The van der Waals surface area contributed by atoms with Crippen LogP contribution in [0.15, 0.2) is 17.0 Å². The van der Waals surface area contributed by atoms with Crippen LogP contribution in [-0.4, -0.2) is 69.3 Å². The van der Waals surface area contributed by atoms with Crippen molar-refractivity contribution < 1.29 is 23.5 Å². The third kappa shape index (κ3) is 4.01. The molecule has 1 aliphatic rings. The number of amides is 2. The number of Topliss-reactive ketones (excluding diaryl/α,β-unsaturated/α-hetero) is 1. The van der Waals surface area contributed by atoms with Crippen LogP contribution in [0.5, 0.6) is 0 Å². The van der Waals surface area contributed by atoms with Gasteiger partial charge in [0.25, 0.3) is 11.7 Å². The number of nitrogens with zero attached hydrogens (tertiary/aromatic N) is 3. The van der Waals surface area contributed by atoms with Gasteiger partial charge in [-0.25, -0.2) is 14.2 Å². The van der Waals surface area contributed by atoms with Gasteiger partial charge in [0.2, 0.25) is 0 Å². The number of ether oxygens (including phenoxy) is 1. The molecule has 10 heteroatoms. The number of ketones is 1. The van der Waals surface area contributed by atoms with E-state index in [1.165, 1.54) is 16.0 Å². The van der Waals surface area contributed by atoms with Crippen molar-refractivity contribution in [3.8, 4) is 0 Å². The molecule has 0 spiro atoms. The number of aromatic nitrogens is 2. The Morgan fingerprint density at radius 3 is 2.39 bits per heavy atom. The second kappa shape index (κ2) is 7.50.